The van der Waals surface area contributed by atoms with Gasteiger partial charge in [0.2, 0.25) is 0 Å². The second kappa shape index (κ2) is 6.05. The number of rotatable bonds is 4. The third-order valence-corrected chi connectivity index (χ3v) is 3.93. The van der Waals surface area contributed by atoms with Gasteiger partial charge in [0.05, 0.1) is 0 Å². The summed E-state index contributed by atoms with van der Waals surface area (Å²) in [7, 11) is 2.12. The van der Waals surface area contributed by atoms with Crippen LogP contribution in [0.25, 0.3) is 0 Å². The summed E-state index contributed by atoms with van der Waals surface area (Å²) in [4.78, 5) is 0. The van der Waals surface area contributed by atoms with Gasteiger partial charge in [-0.1, -0.05) is 43.2 Å². The van der Waals surface area contributed by atoms with Crippen molar-refractivity contribution in [3.63, 3.8) is 0 Å². The number of benzene rings is 1. The monoisotopic (exact) mass is 217 g/mol. The topological polar surface area (TPSA) is 12.0 Å². The molecule has 1 aliphatic carbocycles. The van der Waals surface area contributed by atoms with E-state index >= 15 is 0 Å². The zero-order valence-corrected chi connectivity index (χ0v) is 10.3. The average molecular weight is 217 g/mol. The minimum atomic E-state index is 0.762. The molecule has 0 radical (unpaired) electrons. The average Bonchev–Trinajstić information content (AvgIpc) is 2.38. The van der Waals surface area contributed by atoms with E-state index in [9.17, 15) is 0 Å². The molecule has 16 heavy (non-hydrogen) atoms. The van der Waals surface area contributed by atoms with Gasteiger partial charge in [-0.2, -0.15) is 0 Å². The van der Waals surface area contributed by atoms with E-state index < -0.39 is 0 Å². The van der Waals surface area contributed by atoms with Crippen molar-refractivity contribution in [1.29, 1.82) is 0 Å². The molecule has 2 rings (SSSR count). The molecule has 1 aromatic carbocycles. The molecule has 0 amide bonds. The Hall–Kier alpha value is -0.820. The molecule has 2 unspecified atom stereocenters. The summed E-state index contributed by atoms with van der Waals surface area (Å²) in [5, 5.41) is 3.49. The number of hydrogen-bond donors (Lipinski definition) is 1. The van der Waals surface area contributed by atoms with E-state index in [1.807, 2.05) is 0 Å². The van der Waals surface area contributed by atoms with Crippen LogP contribution in [-0.4, -0.2) is 13.1 Å². The van der Waals surface area contributed by atoms with E-state index in [0.29, 0.717) is 0 Å². The van der Waals surface area contributed by atoms with Crippen molar-refractivity contribution in [1.82, 2.24) is 5.32 Å². The van der Waals surface area contributed by atoms with Crippen LogP contribution in [0.4, 0.5) is 0 Å². The van der Waals surface area contributed by atoms with Crippen LogP contribution in [0, 0.1) is 5.92 Å². The Morgan fingerprint density at radius 1 is 1.12 bits per heavy atom. The third-order valence-electron chi connectivity index (χ3n) is 3.93. The first-order valence-electron chi connectivity index (χ1n) is 6.61. The minimum Gasteiger partial charge on any atom is -0.317 e. The molecular formula is C15H23N. The molecule has 0 saturated heterocycles. The van der Waals surface area contributed by atoms with Crippen molar-refractivity contribution in [3.8, 4) is 0 Å². The van der Waals surface area contributed by atoms with E-state index in [1.54, 1.807) is 0 Å². The Morgan fingerprint density at radius 2 is 1.88 bits per heavy atom. The normalized spacial score (nSPS) is 25.6. The minimum absolute atomic E-state index is 0.762. The maximum absolute atomic E-state index is 3.49. The Morgan fingerprint density at radius 3 is 2.62 bits per heavy atom. The van der Waals surface area contributed by atoms with E-state index in [1.165, 1.54) is 44.1 Å². The summed E-state index contributed by atoms with van der Waals surface area (Å²) in [5.74, 6) is 0.888. The summed E-state index contributed by atoms with van der Waals surface area (Å²) in [6.07, 6.45) is 8.21. The zero-order valence-electron chi connectivity index (χ0n) is 10.3. The molecule has 1 heteroatoms. The summed E-state index contributed by atoms with van der Waals surface area (Å²) < 4.78 is 0. The molecule has 2 atom stereocenters. The van der Waals surface area contributed by atoms with Crippen LogP contribution in [0.15, 0.2) is 30.3 Å². The summed E-state index contributed by atoms with van der Waals surface area (Å²) in [6.45, 7) is 0. The van der Waals surface area contributed by atoms with Crippen LogP contribution in [0.3, 0.4) is 0 Å². The van der Waals surface area contributed by atoms with Gasteiger partial charge in [0, 0.05) is 6.04 Å². The van der Waals surface area contributed by atoms with Crippen molar-refractivity contribution in [3.05, 3.63) is 35.9 Å². The van der Waals surface area contributed by atoms with Crippen molar-refractivity contribution >= 4 is 0 Å². The SMILES string of the molecule is CNC1CCCCC1CCc1ccccc1. The van der Waals surface area contributed by atoms with E-state index in [-0.39, 0.29) is 0 Å². The van der Waals surface area contributed by atoms with E-state index in [0.717, 1.165) is 12.0 Å². The summed E-state index contributed by atoms with van der Waals surface area (Å²) >= 11 is 0. The highest BCUT2D eigenvalue weighted by Gasteiger charge is 2.22. The molecular weight excluding hydrogens is 194 g/mol. The maximum atomic E-state index is 3.49. The molecule has 1 aliphatic rings. The molecule has 0 bridgehead atoms. The second-order valence-electron chi connectivity index (χ2n) is 4.96. The van der Waals surface area contributed by atoms with Crippen LogP contribution in [0.2, 0.25) is 0 Å². The van der Waals surface area contributed by atoms with Gasteiger partial charge in [0.25, 0.3) is 0 Å². The zero-order chi connectivity index (χ0) is 11.2. The highest BCUT2D eigenvalue weighted by Crippen LogP contribution is 2.27. The quantitative estimate of drug-likeness (QED) is 0.815. The van der Waals surface area contributed by atoms with Gasteiger partial charge >= 0.3 is 0 Å². The lowest BCUT2D eigenvalue weighted by molar-refractivity contribution is 0.260. The Balaban J connectivity index is 1.84. The first-order valence-corrected chi connectivity index (χ1v) is 6.61. The first-order chi connectivity index (χ1) is 7.90. The number of aryl methyl sites for hydroxylation is 1. The molecule has 1 aromatic rings. The summed E-state index contributed by atoms with van der Waals surface area (Å²) in [6, 6.07) is 11.6. The highest BCUT2D eigenvalue weighted by atomic mass is 14.9. The molecule has 1 fully saturated rings. The fourth-order valence-corrected chi connectivity index (χ4v) is 2.93. The Bertz CT molecular complexity index is 294. The Kier molecular flexibility index (Phi) is 4.41. The molecule has 1 nitrogen and oxygen atoms in total. The fourth-order valence-electron chi connectivity index (χ4n) is 2.93. The first kappa shape index (κ1) is 11.7. The fraction of sp³-hybridized carbons (Fsp3) is 0.600. The van der Waals surface area contributed by atoms with Gasteiger partial charge in [0.15, 0.2) is 0 Å². The molecule has 0 aromatic heterocycles. The van der Waals surface area contributed by atoms with Crippen molar-refractivity contribution in [2.75, 3.05) is 7.05 Å². The van der Waals surface area contributed by atoms with E-state index in [4.69, 9.17) is 0 Å². The molecule has 0 heterocycles. The van der Waals surface area contributed by atoms with E-state index in [2.05, 4.69) is 42.7 Å². The smallest absolute Gasteiger partial charge is 0.00924 e. The van der Waals surface area contributed by atoms with Crippen molar-refractivity contribution in [2.45, 2.75) is 44.6 Å². The standard InChI is InChI=1S/C15H23N/c1-16-15-10-6-5-9-14(15)12-11-13-7-3-2-4-8-13/h2-4,7-8,14-16H,5-6,9-12H2,1H3. The molecule has 88 valence electrons. The predicted octanol–water partition coefficient (Wildman–Crippen LogP) is 3.40. The van der Waals surface area contributed by atoms with Crippen LogP contribution < -0.4 is 5.32 Å². The lowest BCUT2D eigenvalue weighted by Crippen LogP contribution is -2.36. The van der Waals surface area contributed by atoms with Gasteiger partial charge in [-0.15, -0.1) is 0 Å². The number of hydrogen-bond acceptors (Lipinski definition) is 1. The van der Waals surface area contributed by atoms with Crippen LogP contribution in [-0.2, 0) is 6.42 Å². The lowest BCUT2D eigenvalue weighted by Gasteiger charge is -2.31. The van der Waals surface area contributed by atoms with Gasteiger partial charge in [-0.05, 0) is 44.2 Å². The largest absolute Gasteiger partial charge is 0.317 e. The van der Waals surface area contributed by atoms with Gasteiger partial charge in [0.1, 0.15) is 0 Å². The maximum Gasteiger partial charge on any atom is 0.00924 e. The lowest BCUT2D eigenvalue weighted by atomic mass is 9.81. The highest BCUT2D eigenvalue weighted by molar-refractivity contribution is 5.14. The Labute approximate surface area is 99.3 Å². The molecule has 1 saturated carbocycles. The van der Waals surface area contributed by atoms with Crippen LogP contribution in [0.1, 0.15) is 37.7 Å². The molecule has 1 N–H and O–H groups in total. The number of nitrogens with one attached hydrogen (secondary N) is 1. The van der Waals surface area contributed by atoms with Gasteiger partial charge in [-0.3, -0.25) is 0 Å². The third kappa shape index (κ3) is 3.08. The molecule has 0 aliphatic heterocycles. The predicted molar refractivity (Wildman–Crippen MR) is 69.6 cm³/mol. The second-order valence-corrected chi connectivity index (χ2v) is 4.96. The van der Waals surface area contributed by atoms with Crippen molar-refractivity contribution in [2.24, 2.45) is 5.92 Å². The van der Waals surface area contributed by atoms with Crippen LogP contribution >= 0.6 is 0 Å². The van der Waals surface area contributed by atoms with Gasteiger partial charge < -0.3 is 5.32 Å². The van der Waals surface area contributed by atoms with Crippen molar-refractivity contribution < 1.29 is 0 Å². The summed E-state index contributed by atoms with van der Waals surface area (Å²) in [5.41, 5.74) is 1.49. The van der Waals surface area contributed by atoms with Crippen LogP contribution in [0.5, 0.6) is 0 Å². The van der Waals surface area contributed by atoms with Gasteiger partial charge in [-0.25, -0.2) is 0 Å². The molecule has 0 spiro atoms.